The first-order valence-electron chi connectivity index (χ1n) is 11.4. The molecule has 34 heavy (non-hydrogen) atoms. The molecule has 182 valence electrons. The molecule has 2 aliphatic rings. The summed E-state index contributed by atoms with van der Waals surface area (Å²) in [7, 11) is 3.11. The van der Waals surface area contributed by atoms with Crippen LogP contribution in [0.5, 0.6) is 17.2 Å². The molecule has 4 rings (SSSR count). The van der Waals surface area contributed by atoms with Gasteiger partial charge in [-0.15, -0.1) is 0 Å². The van der Waals surface area contributed by atoms with E-state index in [0.29, 0.717) is 55.4 Å². The van der Waals surface area contributed by atoms with Gasteiger partial charge in [-0.3, -0.25) is 9.59 Å². The van der Waals surface area contributed by atoms with Gasteiger partial charge in [0.1, 0.15) is 12.2 Å². The fraction of sp³-hybridized carbons (Fsp3) is 0.462. The highest BCUT2D eigenvalue weighted by Gasteiger charge is 2.31. The first-order valence-corrected chi connectivity index (χ1v) is 11.4. The highest BCUT2D eigenvalue weighted by Crippen LogP contribution is 2.45. The van der Waals surface area contributed by atoms with Crippen molar-refractivity contribution in [1.29, 1.82) is 0 Å². The number of methoxy groups -OCH3 is 2. The Morgan fingerprint density at radius 2 is 1.79 bits per heavy atom. The van der Waals surface area contributed by atoms with E-state index in [2.05, 4.69) is 5.32 Å². The van der Waals surface area contributed by atoms with Crippen LogP contribution in [0.25, 0.3) is 11.1 Å². The number of rotatable bonds is 8. The average molecular weight is 470 g/mol. The summed E-state index contributed by atoms with van der Waals surface area (Å²) >= 11 is 0. The van der Waals surface area contributed by atoms with Crippen LogP contribution in [-0.4, -0.2) is 51.5 Å². The van der Waals surface area contributed by atoms with Gasteiger partial charge in [-0.1, -0.05) is 6.07 Å². The molecule has 2 aromatic rings. The zero-order chi connectivity index (χ0) is 24.3. The number of fused-ring (bicyclic) bond motifs is 1. The Morgan fingerprint density at radius 3 is 2.50 bits per heavy atom. The number of nitrogens with one attached hydrogen (secondary N) is 1. The maximum Gasteiger partial charge on any atom is 0.309 e. The monoisotopic (exact) mass is 469 g/mol. The molecule has 8 heteroatoms. The van der Waals surface area contributed by atoms with E-state index in [0.717, 1.165) is 16.7 Å². The van der Waals surface area contributed by atoms with Crippen molar-refractivity contribution in [2.45, 2.75) is 38.8 Å². The van der Waals surface area contributed by atoms with Crippen LogP contribution in [0.4, 0.5) is 0 Å². The fourth-order valence-corrected chi connectivity index (χ4v) is 4.23. The van der Waals surface area contributed by atoms with Gasteiger partial charge in [0.15, 0.2) is 11.5 Å². The zero-order valence-electron chi connectivity index (χ0n) is 20.1. The number of benzene rings is 2. The van der Waals surface area contributed by atoms with Crippen molar-refractivity contribution < 1.29 is 33.3 Å². The Hall–Kier alpha value is -3.26. The van der Waals surface area contributed by atoms with E-state index in [-0.39, 0.29) is 24.4 Å². The Labute approximate surface area is 199 Å². The SMILES string of the molecule is COc1ccc(-c2ccc3c(c2)CNC3=O)c(OCC(C)(C)OC(=O)C2CCOCC2)c1OC. The zero-order valence-corrected chi connectivity index (χ0v) is 20.1. The molecule has 0 unspecified atom stereocenters. The molecule has 0 bridgehead atoms. The quantitative estimate of drug-likeness (QED) is 0.589. The Kier molecular flexibility index (Phi) is 6.97. The molecule has 2 heterocycles. The summed E-state index contributed by atoms with van der Waals surface area (Å²) < 4.78 is 28.5. The second-order valence-corrected chi connectivity index (χ2v) is 9.09. The lowest BCUT2D eigenvalue weighted by Gasteiger charge is -2.29. The summed E-state index contributed by atoms with van der Waals surface area (Å²) in [5.74, 6) is 0.994. The summed E-state index contributed by atoms with van der Waals surface area (Å²) in [5, 5.41) is 2.84. The standard InChI is InChI=1S/C26H31NO7/c1-26(2,34-25(29)16-9-11-32-12-10-16)15-33-22-19(7-8-21(30-3)23(22)31-4)17-5-6-20-18(13-17)14-27-24(20)28/h5-8,13,16H,9-12,14-15H2,1-4H3,(H,27,28). The molecule has 0 aliphatic carbocycles. The molecule has 1 fully saturated rings. The van der Waals surface area contributed by atoms with Gasteiger partial charge >= 0.3 is 5.97 Å². The first kappa shape index (κ1) is 23.9. The number of carbonyl (C=O) groups excluding carboxylic acids is 2. The van der Waals surface area contributed by atoms with Gasteiger partial charge in [-0.2, -0.15) is 0 Å². The number of ether oxygens (including phenoxy) is 5. The van der Waals surface area contributed by atoms with Crippen LogP contribution in [0.3, 0.4) is 0 Å². The third-order valence-corrected chi connectivity index (χ3v) is 6.10. The van der Waals surface area contributed by atoms with E-state index < -0.39 is 5.60 Å². The third-order valence-electron chi connectivity index (χ3n) is 6.10. The number of amides is 1. The normalized spacial score (nSPS) is 15.9. The minimum absolute atomic E-state index is 0.0709. The van der Waals surface area contributed by atoms with Crippen molar-refractivity contribution in [3.63, 3.8) is 0 Å². The van der Waals surface area contributed by atoms with Gasteiger partial charge in [0, 0.05) is 30.9 Å². The van der Waals surface area contributed by atoms with Gasteiger partial charge in [0.05, 0.1) is 20.1 Å². The molecular weight excluding hydrogens is 438 g/mol. The van der Waals surface area contributed by atoms with E-state index in [1.807, 2.05) is 44.2 Å². The molecule has 0 saturated carbocycles. The number of esters is 1. The van der Waals surface area contributed by atoms with E-state index in [1.165, 1.54) is 0 Å². The van der Waals surface area contributed by atoms with Gasteiger partial charge in [-0.25, -0.2) is 0 Å². The summed E-state index contributed by atoms with van der Waals surface area (Å²) in [6.45, 7) is 5.39. The lowest BCUT2D eigenvalue weighted by molar-refractivity contribution is -0.167. The number of hydrogen-bond acceptors (Lipinski definition) is 7. The summed E-state index contributed by atoms with van der Waals surface area (Å²) in [6, 6.07) is 9.37. The molecule has 0 atom stereocenters. The van der Waals surface area contributed by atoms with Crippen LogP contribution in [0.15, 0.2) is 30.3 Å². The summed E-state index contributed by atoms with van der Waals surface area (Å²) in [6.07, 6.45) is 1.33. The molecule has 0 radical (unpaired) electrons. The van der Waals surface area contributed by atoms with Crippen molar-refractivity contribution in [3.8, 4) is 28.4 Å². The van der Waals surface area contributed by atoms with E-state index in [1.54, 1.807) is 14.2 Å². The molecule has 2 aliphatic heterocycles. The van der Waals surface area contributed by atoms with Crippen LogP contribution < -0.4 is 19.5 Å². The smallest absolute Gasteiger partial charge is 0.309 e. The van der Waals surface area contributed by atoms with Crippen LogP contribution in [0, 0.1) is 5.92 Å². The van der Waals surface area contributed by atoms with Crippen molar-refractivity contribution in [1.82, 2.24) is 5.32 Å². The molecule has 1 N–H and O–H groups in total. The Morgan fingerprint density at radius 1 is 1.06 bits per heavy atom. The van der Waals surface area contributed by atoms with Crippen LogP contribution in [0.2, 0.25) is 0 Å². The molecule has 0 aromatic heterocycles. The summed E-state index contributed by atoms with van der Waals surface area (Å²) in [5.41, 5.74) is 2.39. The molecule has 0 spiro atoms. The van der Waals surface area contributed by atoms with Crippen LogP contribution in [0.1, 0.15) is 42.6 Å². The van der Waals surface area contributed by atoms with E-state index in [9.17, 15) is 9.59 Å². The summed E-state index contributed by atoms with van der Waals surface area (Å²) in [4.78, 5) is 24.6. The highest BCUT2D eigenvalue weighted by atomic mass is 16.6. The first-order chi connectivity index (χ1) is 16.3. The van der Waals surface area contributed by atoms with Crippen molar-refractivity contribution in [3.05, 3.63) is 41.5 Å². The lowest BCUT2D eigenvalue weighted by Crippen LogP contribution is -2.38. The van der Waals surface area contributed by atoms with Gasteiger partial charge in [0.25, 0.3) is 5.91 Å². The molecule has 1 amide bonds. The minimum Gasteiger partial charge on any atom is -0.493 e. The second-order valence-electron chi connectivity index (χ2n) is 9.09. The predicted octanol–water partition coefficient (Wildman–Crippen LogP) is 3.74. The number of hydrogen-bond donors (Lipinski definition) is 1. The second kappa shape index (κ2) is 9.93. The average Bonchev–Trinajstić information content (AvgIpc) is 3.22. The molecule has 1 saturated heterocycles. The Bertz CT molecular complexity index is 1070. The molecular formula is C26H31NO7. The van der Waals surface area contributed by atoms with Crippen molar-refractivity contribution in [2.75, 3.05) is 34.0 Å². The maximum absolute atomic E-state index is 12.7. The Balaban J connectivity index is 1.60. The van der Waals surface area contributed by atoms with Gasteiger partial charge in [0.2, 0.25) is 5.75 Å². The van der Waals surface area contributed by atoms with E-state index >= 15 is 0 Å². The van der Waals surface area contributed by atoms with Crippen LogP contribution in [-0.2, 0) is 20.8 Å². The van der Waals surface area contributed by atoms with Crippen LogP contribution >= 0.6 is 0 Å². The minimum atomic E-state index is -0.866. The van der Waals surface area contributed by atoms with Gasteiger partial charge in [-0.05, 0) is 62.1 Å². The predicted molar refractivity (Wildman–Crippen MR) is 125 cm³/mol. The third kappa shape index (κ3) is 4.97. The largest absolute Gasteiger partial charge is 0.493 e. The van der Waals surface area contributed by atoms with Gasteiger partial charge < -0.3 is 29.0 Å². The molecule has 2 aromatic carbocycles. The maximum atomic E-state index is 12.7. The highest BCUT2D eigenvalue weighted by molar-refractivity contribution is 5.99. The number of carbonyl (C=O) groups is 2. The van der Waals surface area contributed by atoms with Crippen molar-refractivity contribution in [2.24, 2.45) is 5.92 Å². The fourth-order valence-electron chi connectivity index (χ4n) is 4.23. The topological polar surface area (TPSA) is 92.3 Å². The van der Waals surface area contributed by atoms with E-state index in [4.69, 9.17) is 23.7 Å². The molecule has 8 nitrogen and oxygen atoms in total. The lowest BCUT2D eigenvalue weighted by atomic mass is 9.99. The van der Waals surface area contributed by atoms with Crippen molar-refractivity contribution >= 4 is 11.9 Å².